The molecule has 4 rings (SSSR count). The SMILES string of the molecule is CCN[C@H]1C[C@H](C)S(=O)(=O)c2sc(S(=O)(=O)/N=C/CCOC(=O)CCC/C=C\C[C@@H]3[C@@H](CC[C@@H](CCc4ccccc4)OC(C)=O)[C@H](OC(C)=O)C[C@@H]3OC(C)=O)cc21. The average molecular weight is 879 g/mol. The lowest BCUT2D eigenvalue weighted by Gasteiger charge is -2.27. The second-order valence-corrected chi connectivity index (χ2v) is 20.5. The molecule has 0 unspecified atom stereocenters. The van der Waals surface area contributed by atoms with Crippen molar-refractivity contribution in [3.8, 4) is 0 Å². The van der Waals surface area contributed by atoms with Crippen LogP contribution in [-0.4, -0.2) is 83.6 Å². The Morgan fingerprint density at radius 1 is 0.949 bits per heavy atom. The molecular formula is C42H58N2O12S3. The van der Waals surface area contributed by atoms with E-state index >= 15 is 0 Å². The third kappa shape index (κ3) is 14.4. The summed E-state index contributed by atoms with van der Waals surface area (Å²) in [6.45, 7) is 8.14. The first-order valence-corrected chi connectivity index (χ1v) is 24.1. The zero-order valence-corrected chi connectivity index (χ0v) is 37.0. The van der Waals surface area contributed by atoms with Crippen molar-refractivity contribution in [3.63, 3.8) is 0 Å². The summed E-state index contributed by atoms with van der Waals surface area (Å²) in [6, 6.07) is 11.1. The Kier molecular flexibility index (Phi) is 18.3. The number of sulfone groups is 1. The summed E-state index contributed by atoms with van der Waals surface area (Å²) in [5.41, 5.74) is 1.59. The zero-order chi connectivity index (χ0) is 43.2. The molecule has 7 atom stereocenters. The van der Waals surface area contributed by atoms with Crippen molar-refractivity contribution in [1.29, 1.82) is 0 Å². The summed E-state index contributed by atoms with van der Waals surface area (Å²) in [5.74, 6) is -1.97. The molecule has 0 saturated heterocycles. The van der Waals surface area contributed by atoms with E-state index in [0.29, 0.717) is 74.8 Å². The van der Waals surface area contributed by atoms with Gasteiger partial charge in [0.1, 0.15) is 26.7 Å². The van der Waals surface area contributed by atoms with E-state index in [0.717, 1.165) is 18.2 Å². The van der Waals surface area contributed by atoms with Crippen molar-refractivity contribution in [1.82, 2.24) is 5.32 Å². The summed E-state index contributed by atoms with van der Waals surface area (Å²) < 4.78 is 77.7. The first-order valence-electron chi connectivity index (χ1n) is 20.3. The molecule has 1 aliphatic carbocycles. The standard InChI is InChI=1S/C42H58N2O12S3/c1-6-43-37-25-28(2)58(49,50)42-36(37)26-41(57-42)59(51,52)44-23-14-24-53-40(48)18-13-8-7-12-17-34-35(39(56-31(5)47)27-38(34)55-30(4)46)22-21-33(54-29(3)45)20-19-32-15-10-9-11-16-32/h7,9-12,15-16,23,26,28,33-35,37-39,43H,6,8,13-14,17-22,24-25,27H2,1-5H3/b12-7-,44-23+/t28-,33+,34+,35+,37-,38-,39+/m0/s1. The Hall–Kier alpha value is -3.93. The number of hydrogen-bond donors (Lipinski definition) is 1. The maximum atomic E-state index is 12.9. The van der Waals surface area contributed by atoms with Gasteiger partial charge in [-0.15, -0.1) is 11.3 Å². The largest absolute Gasteiger partial charge is 0.465 e. The van der Waals surface area contributed by atoms with Gasteiger partial charge in [-0.2, -0.15) is 12.8 Å². The zero-order valence-electron chi connectivity index (χ0n) is 34.5. The number of allylic oxidation sites excluding steroid dienone is 2. The van der Waals surface area contributed by atoms with Gasteiger partial charge in [0, 0.05) is 69.7 Å². The van der Waals surface area contributed by atoms with Gasteiger partial charge >= 0.3 is 23.9 Å². The number of aryl methyl sites for hydroxylation is 1. The molecule has 2 heterocycles. The lowest BCUT2D eigenvalue weighted by molar-refractivity contribution is -0.149. The maximum Gasteiger partial charge on any atom is 0.305 e. The van der Waals surface area contributed by atoms with Crippen molar-refractivity contribution in [3.05, 3.63) is 59.7 Å². The maximum absolute atomic E-state index is 12.9. The molecule has 0 amide bonds. The lowest BCUT2D eigenvalue weighted by Crippen LogP contribution is -2.33. The Labute approximate surface area is 352 Å². The van der Waals surface area contributed by atoms with E-state index < -0.39 is 55.2 Å². The number of sulfonamides is 1. The van der Waals surface area contributed by atoms with Gasteiger partial charge < -0.3 is 24.3 Å². The number of unbranched alkanes of at least 4 members (excludes halogenated alkanes) is 1. The van der Waals surface area contributed by atoms with E-state index in [9.17, 15) is 36.0 Å². The van der Waals surface area contributed by atoms with Crippen LogP contribution in [0.5, 0.6) is 0 Å². The number of carbonyl (C=O) groups is 4. The molecular weight excluding hydrogens is 821 g/mol. The van der Waals surface area contributed by atoms with E-state index in [2.05, 4.69) is 9.71 Å². The number of hydrogen-bond acceptors (Lipinski definition) is 14. The fourth-order valence-corrected chi connectivity index (χ4v) is 12.7. The molecule has 326 valence electrons. The lowest BCUT2D eigenvalue weighted by atomic mass is 9.85. The number of carbonyl (C=O) groups excluding carboxylic acids is 4. The fraction of sp³-hybridized carbons (Fsp3) is 0.595. The number of nitrogens with zero attached hydrogens (tertiary/aromatic N) is 1. The highest BCUT2D eigenvalue weighted by Crippen LogP contribution is 2.44. The smallest absolute Gasteiger partial charge is 0.305 e. The van der Waals surface area contributed by atoms with E-state index in [1.54, 1.807) is 6.92 Å². The molecule has 0 bridgehead atoms. The molecule has 59 heavy (non-hydrogen) atoms. The number of fused-ring (bicyclic) bond motifs is 1. The number of ether oxygens (including phenoxy) is 4. The minimum absolute atomic E-state index is 0.0537. The van der Waals surface area contributed by atoms with Gasteiger partial charge in [-0.05, 0) is 76.5 Å². The van der Waals surface area contributed by atoms with Crippen LogP contribution < -0.4 is 5.32 Å². The van der Waals surface area contributed by atoms with Gasteiger partial charge in [-0.1, -0.05) is 49.4 Å². The topological polar surface area (TPSA) is 198 Å². The Morgan fingerprint density at radius 3 is 2.31 bits per heavy atom. The summed E-state index contributed by atoms with van der Waals surface area (Å²) in [6.07, 6.45) is 8.80. The first kappa shape index (κ1) is 47.7. The van der Waals surface area contributed by atoms with Crippen molar-refractivity contribution >= 4 is 61.3 Å². The van der Waals surface area contributed by atoms with Gasteiger partial charge in [0.25, 0.3) is 10.0 Å². The van der Waals surface area contributed by atoms with Crippen LogP contribution in [0.3, 0.4) is 0 Å². The highest BCUT2D eigenvalue weighted by atomic mass is 32.3. The van der Waals surface area contributed by atoms with Crippen LogP contribution >= 0.6 is 11.3 Å². The van der Waals surface area contributed by atoms with Crippen LogP contribution in [0, 0.1) is 11.8 Å². The molecule has 17 heteroatoms. The first-order chi connectivity index (χ1) is 28.0. The molecule has 1 N–H and O–H groups in total. The van der Waals surface area contributed by atoms with Crippen molar-refractivity contribution < 1.29 is 55.0 Å². The fourth-order valence-electron chi connectivity index (χ4n) is 7.80. The van der Waals surface area contributed by atoms with E-state index in [-0.39, 0.29) is 57.8 Å². The average Bonchev–Trinajstić information content (AvgIpc) is 3.76. The molecule has 1 saturated carbocycles. The van der Waals surface area contributed by atoms with E-state index in [4.69, 9.17) is 18.9 Å². The number of nitrogens with one attached hydrogen (secondary N) is 1. The summed E-state index contributed by atoms with van der Waals surface area (Å²) >= 11 is 0.710. The van der Waals surface area contributed by atoms with Crippen molar-refractivity contribution in [2.75, 3.05) is 13.2 Å². The summed E-state index contributed by atoms with van der Waals surface area (Å²) in [7, 11) is -7.79. The van der Waals surface area contributed by atoms with Crippen LogP contribution in [0.1, 0.15) is 116 Å². The second kappa shape index (κ2) is 22.6. The Morgan fingerprint density at radius 2 is 1.64 bits per heavy atom. The predicted octanol–water partition coefficient (Wildman–Crippen LogP) is 6.62. The Bertz CT molecular complexity index is 2010. The predicted molar refractivity (Wildman–Crippen MR) is 223 cm³/mol. The minimum atomic E-state index is -4.15. The van der Waals surface area contributed by atoms with Crippen LogP contribution in [0.4, 0.5) is 0 Å². The van der Waals surface area contributed by atoms with Gasteiger partial charge in [0.05, 0.1) is 11.9 Å². The summed E-state index contributed by atoms with van der Waals surface area (Å²) in [4.78, 5) is 48.5. The van der Waals surface area contributed by atoms with Crippen molar-refractivity contribution in [2.45, 2.75) is 143 Å². The van der Waals surface area contributed by atoms with E-state index in [1.807, 2.05) is 49.4 Å². The van der Waals surface area contributed by atoms with Crippen LogP contribution in [0.2, 0.25) is 0 Å². The third-order valence-corrected chi connectivity index (χ3v) is 16.2. The molecule has 1 fully saturated rings. The van der Waals surface area contributed by atoms with Crippen LogP contribution in [0.25, 0.3) is 0 Å². The molecule has 0 radical (unpaired) electrons. The normalized spacial score (nSPS) is 23.1. The molecule has 1 aromatic heterocycles. The van der Waals surface area contributed by atoms with Gasteiger partial charge in [-0.25, -0.2) is 8.42 Å². The minimum Gasteiger partial charge on any atom is -0.465 e. The molecule has 2 aromatic rings. The monoisotopic (exact) mass is 878 g/mol. The number of benzene rings is 1. The van der Waals surface area contributed by atoms with Gasteiger partial charge in [0.15, 0.2) is 9.84 Å². The number of rotatable bonds is 22. The highest BCUT2D eigenvalue weighted by Gasteiger charge is 2.46. The summed E-state index contributed by atoms with van der Waals surface area (Å²) in [5, 5.41) is 2.59. The quantitative estimate of drug-likeness (QED) is 0.0436. The molecule has 2 aliphatic rings. The molecule has 0 spiro atoms. The van der Waals surface area contributed by atoms with Gasteiger partial charge in [-0.3, -0.25) is 19.2 Å². The van der Waals surface area contributed by atoms with E-state index in [1.165, 1.54) is 26.8 Å². The third-order valence-electron chi connectivity index (χ3n) is 10.5. The van der Waals surface area contributed by atoms with Crippen molar-refractivity contribution in [2.24, 2.45) is 16.2 Å². The number of esters is 4. The highest BCUT2D eigenvalue weighted by molar-refractivity contribution is 7.96. The van der Waals surface area contributed by atoms with Crippen LogP contribution in [-0.2, 0) is 64.4 Å². The van der Waals surface area contributed by atoms with Gasteiger partial charge in [0.2, 0.25) is 0 Å². The molecule has 1 aliphatic heterocycles. The molecule has 14 nitrogen and oxygen atoms in total. The number of thiophene rings is 1. The van der Waals surface area contributed by atoms with Crippen LogP contribution in [0.15, 0.2) is 61.4 Å². The Balaban J connectivity index is 1.26. The molecule has 1 aromatic carbocycles. The second-order valence-electron chi connectivity index (χ2n) is 15.1.